The molecule has 0 radical (unpaired) electrons. The Balaban J connectivity index is 1.71. The number of nitrogens with one attached hydrogen (secondary N) is 1. The monoisotopic (exact) mass is 567 g/mol. The molecule has 1 saturated carbocycles. The van der Waals surface area contributed by atoms with Crippen LogP contribution < -0.4 is 5.32 Å². The molecule has 0 aliphatic heterocycles. The van der Waals surface area contributed by atoms with Crippen LogP contribution in [0.15, 0.2) is 53.4 Å². The summed E-state index contributed by atoms with van der Waals surface area (Å²) in [5.41, 5.74) is 0.763. The fraction of sp³-hybridized carbons (Fsp3) is 0.481. The normalized spacial score (nSPS) is 15.1. The molecule has 0 spiro atoms. The average molecular weight is 569 g/mol. The van der Waals surface area contributed by atoms with Gasteiger partial charge in [0.2, 0.25) is 21.8 Å². The van der Waals surface area contributed by atoms with Gasteiger partial charge in [-0.05, 0) is 55.5 Å². The van der Waals surface area contributed by atoms with Crippen LogP contribution in [0, 0.1) is 0 Å². The number of amides is 2. The molecule has 0 unspecified atom stereocenters. The molecule has 10 heteroatoms. The van der Waals surface area contributed by atoms with Crippen molar-refractivity contribution in [3.63, 3.8) is 0 Å². The highest BCUT2D eigenvalue weighted by molar-refractivity contribution is 7.89. The van der Waals surface area contributed by atoms with Crippen molar-refractivity contribution >= 4 is 45.0 Å². The lowest BCUT2D eigenvalue weighted by Gasteiger charge is -2.32. The van der Waals surface area contributed by atoms with Gasteiger partial charge in [0.1, 0.15) is 6.04 Å². The van der Waals surface area contributed by atoms with Gasteiger partial charge in [0.15, 0.2) is 0 Å². The zero-order chi connectivity index (χ0) is 27.0. The summed E-state index contributed by atoms with van der Waals surface area (Å²) < 4.78 is 26.9. The summed E-state index contributed by atoms with van der Waals surface area (Å²) in [7, 11) is -2.14. The first kappa shape index (κ1) is 29.4. The van der Waals surface area contributed by atoms with Gasteiger partial charge in [0.05, 0.1) is 14.9 Å². The van der Waals surface area contributed by atoms with Gasteiger partial charge in [0, 0.05) is 32.6 Å². The van der Waals surface area contributed by atoms with E-state index in [0.29, 0.717) is 22.9 Å². The number of sulfonamides is 1. The highest BCUT2D eigenvalue weighted by atomic mass is 35.5. The third-order valence-corrected chi connectivity index (χ3v) is 9.35. The summed E-state index contributed by atoms with van der Waals surface area (Å²) in [6, 6.07) is 12.9. The molecular formula is C27H35Cl2N3O4S. The molecule has 1 aliphatic carbocycles. The summed E-state index contributed by atoms with van der Waals surface area (Å²) >= 11 is 12.3. The second-order valence-electron chi connectivity index (χ2n) is 9.43. The van der Waals surface area contributed by atoms with Crippen molar-refractivity contribution < 1.29 is 18.0 Å². The molecule has 1 N–H and O–H groups in total. The lowest BCUT2D eigenvalue weighted by Crippen LogP contribution is -2.51. The third kappa shape index (κ3) is 7.93. The van der Waals surface area contributed by atoms with Crippen LogP contribution in [0.5, 0.6) is 0 Å². The first-order valence-corrected chi connectivity index (χ1v) is 14.9. The summed E-state index contributed by atoms with van der Waals surface area (Å²) in [5.74, 6) is -0.378. The molecular weight excluding hydrogens is 533 g/mol. The number of rotatable bonds is 12. The van der Waals surface area contributed by atoms with E-state index < -0.39 is 16.1 Å². The number of carbonyl (C=O) groups is 2. The van der Waals surface area contributed by atoms with Crippen LogP contribution >= 0.6 is 23.2 Å². The van der Waals surface area contributed by atoms with E-state index in [-0.39, 0.29) is 42.3 Å². The van der Waals surface area contributed by atoms with E-state index in [4.69, 9.17) is 23.2 Å². The number of hydrogen-bond donors (Lipinski definition) is 1. The molecule has 0 heterocycles. The fourth-order valence-electron chi connectivity index (χ4n) is 4.61. The van der Waals surface area contributed by atoms with Crippen molar-refractivity contribution in [1.82, 2.24) is 14.5 Å². The minimum absolute atomic E-state index is 0.100. The average Bonchev–Trinajstić information content (AvgIpc) is 3.39. The van der Waals surface area contributed by atoms with Crippen LogP contribution in [-0.2, 0) is 26.2 Å². The minimum Gasteiger partial charge on any atom is -0.352 e. The predicted octanol–water partition coefficient (Wildman–Crippen LogP) is 5.26. The second kappa shape index (κ2) is 13.6. The van der Waals surface area contributed by atoms with Gasteiger partial charge < -0.3 is 10.2 Å². The lowest BCUT2D eigenvalue weighted by atomic mass is 10.1. The fourth-order valence-corrected chi connectivity index (χ4v) is 6.16. The van der Waals surface area contributed by atoms with Crippen LogP contribution in [0.3, 0.4) is 0 Å². The van der Waals surface area contributed by atoms with Crippen molar-refractivity contribution in [1.29, 1.82) is 0 Å². The van der Waals surface area contributed by atoms with E-state index in [9.17, 15) is 18.0 Å². The summed E-state index contributed by atoms with van der Waals surface area (Å²) in [4.78, 5) is 28.5. The quantitative estimate of drug-likeness (QED) is 0.379. The molecule has 1 atom stereocenters. The van der Waals surface area contributed by atoms with Crippen LogP contribution in [0.1, 0.15) is 57.4 Å². The largest absolute Gasteiger partial charge is 0.352 e. The van der Waals surface area contributed by atoms with Gasteiger partial charge >= 0.3 is 0 Å². The van der Waals surface area contributed by atoms with E-state index >= 15 is 0 Å². The molecule has 1 fully saturated rings. The van der Waals surface area contributed by atoms with Gasteiger partial charge in [-0.15, -0.1) is 0 Å². The zero-order valence-corrected chi connectivity index (χ0v) is 23.7. The Labute approximate surface area is 230 Å². The summed E-state index contributed by atoms with van der Waals surface area (Å²) in [5, 5.41) is 3.91. The maximum absolute atomic E-state index is 13.5. The Bertz CT molecular complexity index is 1170. The molecule has 2 aromatic carbocycles. The molecule has 37 heavy (non-hydrogen) atoms. The van der Waals surface area contributed by atoms with Gasteiger partial charge in [0.25, 0.3) is 0 Å². The number of nitrogens with zero attached hydrogens (tertiary/aromatic N) is 2. The van der Waals surface area contributed by atoms with Gasteiger partial charge in [-0.25, -0.2) is 12.7 Å². The van der Waals surface area contributed by atoms with E-state index in [1.807, 2.05) is 6.92 Å². The predicted molar refractivity (Wildman–Crippen MR) is 147 cm³/mol. The molecule has 0 aromatic heterocycles. The molecule has 202 valence electrons. The number of carbonyl (C=O) groups excluding carboxylic acids is 2. The lowest BCUT2D eigenvalue weighted by molar-refractivity contribution is -0.141. The summed E-state index contributed by atoms with van der Waals surface area (Å²) in [6.07, 6.45) is 4.95. The Kier molecular flexibility index (Phi) is 10.8. The Morgan fingerprint density at radius 2 is 1.73 bits per heavy atom. The second-order valence-corrected chi connectivity index (χ2v) is 12.3. The van der Waals surface area contributed by atoms with Crippen LogP contribution in [0.25, 0.3) is 0 Å². The van der Waals surface area contributed by atoms with Crippen molar-refractivity contribution in [3.8, 4) is 0 Å². The smallest absolute Gasteiger partial charge is 0.243 e. The Morgan fingerprint density at radius 1 is 1.05 bits per heavy atom. The molecule has 2 amide bonds. The third-order valence-electron chi connectivity index (χ3n) is 6.74. The minimum atomic E-state index is -3.65. The van der Waals surface area contributed by atoms with Crippen LogP contribution in [-0.4, -0.2) is 55.1 Å². The highest BCUT2D eigenvalue weighted by Crippen LogP contribution is 2.25. The standard InChI is InChI=1S/C27H35Cl2N3O4S/c1-3-25(27(34)30-21-10-7-8-11-21)32(19-20-15-16-23(28)24(29)18-20)26(33)14-9-17-31(2)37(35,36)22-12-5-4-6-13-22/h4-6,12-13,15-16,18,21,25H,3,7-11,14,17,19H2,1-2H3,(H,30,34)/t25-/m0/s1. The maximum atomic E-state index is 13.5. The zero-order valence-electron chi connectivity index (χ0n) is 21.3. The van der Waals surface area contributed by atoms with Crippen LogP contribution in [0.4, 0.5) is 0 Å². The number of halogens is 2. The number of benzene rings is 2. The highest BCUT2D eigenvalue weighted by Gasteiger charge is 2.31. The van der Waals surface area contributed by atoms with Crippen molar-refractivity contribution in [2.24, 2.45) is 0 Å². The van der Waals surface area contributed by atoms with Gasteiger partial charge in [-0.3, -0.25) is 9.59 Å². The Hall–Kier alpha value is -2.13. The maximum Gasteiger partial charge on any atom is 0.243 e. The molecule has 7 nitrogen and oxygen atoms in total. The van der Waals surface area contributed by atoms with Crippen molar-refractivity contribution in [2.75, 3.05) is 13.6 Å². The van der Waals surface area contributed by atoms with Crippen LogP contribution in [0.2, 0.25) is 10.0 Å². The first-order chi connectivity index (χ1) is 17.6. The molecule has 3 rings (SSSR count). The van der Waals surface area contributed by atoms with E-state index in [0.717, 1.165) is 31.2 Å². The topological polar surface area (TPSA) is 86.8 Å². The van der Waals surface area contributed by atoms with E-state index in [1.165, 1.54) is 11.4 Å². The first-order valence-electron chi connectivity index (χ1n) is 12.7. The van der Waals surface area contributed by atoms with Crippen molar-refractivity contribution in [2.45, 2.75) is 75.4 Å². The molecule has 1 aliphatic rings. The molecule has 0 saturated heterocycles. The molecule has 2 aromatic rings. The van der Waals surface area contributed by atoms with E-state index in [2.05, 4.69) is 5.32 Å². The molecule has 0 bridgehead atoms. The van der Waals surface area contributed by atoms with Gasteiger partial charge in [-0.1, -0.05) is 67.2 Å². The summed E-state index contributed by atoms with van der Waals surface area (Å²) in [6.45, 7) is 2.26. The van der Waals surface area contributed by atoms with Gasteiger partial charge in [-0.2, -0.15) is 0 Å². The Morgan fingerprint density at radius 3 is 2.35 bits per heavy atom. The van der Waals surface area contributed by atoms with Crippen molar-refractivity contribution in [3.05, 3.63) is 64.1 Å². The number of hydrogen-bond acceptors (Lipinski definition) is 4. The van der Waals surface area contributed by atoms with E-state index in [1.54, 1.807) is 53.4 Å². The SMILES string of the molecule is CC[C@@H](C(=O)NC1CCCC1)N(Cc1ccc(Cl)c(Cl)c1)C(=O)CCCN(C)S(=O)(=O)c1ccccc1.